The van der Waals surface area contributed by atoms with Gasteiger partial charge in [-0.1, -0.05) is 0 Å². The fraction of sp³-hybridized carbons (Fsp3) is 1.00. The van der Waals surface area contributed by atoms with Gasteiger partial charge in [0.05, 0.1) is 13.2 Å². The first-order valence-electron chi connectivity index (χ1n) is 3.91. The molecule has 2 fully saturated rings. The van der Waals surface area contributed by atoms with Gasteiger partial charge in [0.1, 0.15) is 18.3 Å². The highest BCUT2D eigenvalue weighted by atomic mass is 17.0. The van der Waals surface area contributed by atoms with Gasteiger partial charge in [0, 0.05) is 0 Å². The third kappa shape index (κ3) is 1.45. The summed E-state index contributed by atoms with van der Waals surface area (Å²) in [7, 11) is 0. The maximum Gasteiger partial charge on any atom is 0.294 e. The highest BCUT2D eigenvalue weighted by Gasteiger charge is 2.48. The third-order valence-corrected chi connectivity index (χ3v) is 2.20. The normalized spacial score (nSPS) is 43.2. The van der Waals surface area contributed by atoms with E-state index in [4.69, 9.17) is 9.47 Å². The molecule has 0 saturated carbocycles. The lowest BCUT2D eigenvalue weighted by Crippen LogP contribution is -2.33. The molecule has 1 N–H and O–H groups in total. The van der Waals surface area contributed by atoms with E-state index in [9.17, 15) is 15.2 Å². The zero-order valence-electron chi connectivity index (χ0n) is 6.66. The molecular weight excluding hydrogens is 182 g/mol. The number of aliphatic hydroxyl groups is 1. The number of nitrogens with zero attached hydrogens (tertiary/aromatic N) is 1. The van der Waals surface area contributed by atoms with Crippen LogP contribution < -0.4 is 0 Å². The summed E-state index contributed by atoms with van der Waals surface area (Å²) in [6.07, 6.45) is -2.41. The molecule has 2 aliphatic rings. The van der Waals surface area contributed by atoms with Crippen molar-refractivity contribution in [1.29, 1.82) is 0 Å². The van der Waals surface area contributed by atoms with Crippen LogP contribution in [0.5, 0.6) is 0 Å². The Morgan fingerprint density at radius 2 is 2.08 bits per heavy atom. The lowest BCUT2D eigenvalue weighted by atomic mass is 10.1. The van der Waals surface area contributed by atoms with Gasteiger partial charge in [0.2, 0.25) is 0 Å². The number of fused-ring (bicyclic) bond motifs is 1. The van der Waals surface area contributed by atoms with Crippen LogP contribution in [0.2, 0.25) is 0 Å². The summed E-state index contributed by atoms with van der Waals surface area (Å²) in [6.45, 7) is 0.236. The van der Waals surface area contributed by atoms with Crippen LogP contribution in [0.3, 0.4) is 0 Å². The van der Waals surface area contributed by atoms with E-state index in [-0.39, 0.29) is 13.2 Å². The largest absolute Gasteiger partial charge is 0.388 e. The second-order valence-corrected chi connectivity index (χ2v) is 3.03. The number of hydrogen-bond acceptors (Lipinski definition) is 6. The van der Waals surface area contributed by atoms with Crippen molar-refractivity contribution in [2.45, 2.75) is 24.4 Å². The number of aliphatic hydroxyl groups excluding tert-OH is 1. The summed E-state index contributed by atoms with van der Waals surface area (Å²) < 4.78 is 10.2. The summed E-state index contributed by atoms with van der Waals surface area (Å²) in [5, 5.41) is 18.4. The minimum Gasteiger partial charge on any atom is -0.388 e. The van der Waals surface area contributed by atoms with E-state index >= 15 is 0 Å². The van der Waals surface area contributed by atoms with Crippen LogP contribution in [-0.2, 0) is 14.3 Å². The fourth-order valence-electron chi connectivity index (χ4n) is 1.64. The fourth-order valence-corrected chi connectivity index (χ4v) is 1.64. The molecule has 13 heavy (non-hydrogen) atoms. The van der Waals surface area contributed by atoms with Crippen molar-refractivity contribution in [2.24, 2.45) is 0 Å². The van der Waals surface area contributed by atoms with E-state index in [0.717, 1.165) is 0 Å². The van der Waals surface area contributed by atoms with E-state index in [1.165, 1.54) is 0 Å². The van der Waals surface area contributed by atoms with Crippen LogP contribution >= 0.6 is 0 Å². The molecule has 0 spiro atoms. The molecule has 4 atom stereocenters. The lowest BCUT2D eigenvalue weighted by molar-refractivity contribution is -0.769. The minimum absolute atomic E-state index is 0.0906. The predicted octanol–water partition coefficient (Wildman–Crippen LogP) is -1.28. The molecule has 0 radical (unpaired) electrons. The minimum atomic E-state index is -0.871. The summed E-state index contributed by atoms with van der Waals surface area (Å²) in [5.74, 6) is 0. The smallest absolute Gasteiger partial charge is 0.294 e. The molecule has 2 heterocycles. The zero-order chi connectivity index (χ0) is 9.42. The monoisotopic (exact) mass is 191 g/mol. The molecule has 0 amide bonds. The van der Waals surface area contributed by atoms with Gasteiger partial charge in [-0.2, -0.15) is 0 Å². The van der Waals surface area contributed by atoms with Crippen LogP contribution in [0.25, 0.3) is 0 Å². The third-order valence-electron chi connectivity index (χ3n) is 2.20. The van der Waals surface area contributed by atoms with Gasteiger partial charge < -0.3 is 19.4 Å². The van der Waals surface area contributed by atoms with Gasteiger partial charge in [-0.3, -0.25) is 0 Å². The maximum absolute atomic E-state index is 10.0. The molecule has 2 saturated heterocycles. The summed E-state index contributed by atoms with van der Waals surface area (Å²) in [4.78, 5) is 14.4. The van der Waals surface area contributed by atoms with Gasteiger partial charge in [0.25, 0.3) is 5.09 Å². The molecule has 74 valence electrons. The lowest BCUT2D eigenvalue weighted by Gasteiger charge is -2.12. The highest BCUT2D eigenvalue weighted by Crippen LogP contribution is 2.28. The molecule has 0 aromatic heterocycles. The number of rotatable bonds is 2. The van der Waals surface area contributed by atoms with Crippen LogP contribution in [-0.4, -0.2) is 47.8 Å². The summed E-state index contributed by atoms with van der Waals surface area (Å²) >= 11 is 0. The van der Waals surface area contributed by atoms with Crippen LogP contribution in [0.15, 0.2) is 0 Å². The molecule has 7 heteroatoms. The van der Waals surface area contributed by atoms with Gasteiger partial charge in [-0.15, -0.1) is 10.1 Å². The van der Waals surface area contributed by atoms with Crippen LogP contribution in [0, 0.1) is 10.1 Å². The van der Waals surface area contributed by atoms with Gasteiger partial charge in [-0.05, 0) is 0 Å². The Bertz CT molecular complexity index is 221. The van der Waals surface area contributed by atoms with E-state index in [1.54, 1.807) is 0 Å². The molecule has 1 unspecified atom stereocenters. The Hall–Kier alpha value is -0.920. The Morgan fingerprint density at radius 3 is 2.77 bits per heavy atom. The first-order chi connectivity index (χ1) is 6.18. The molecular formula is C6H9NO6. The summed E-state index contributed by atoms with van der Waals surface area (Å²) in [5.41, 5.74) is 0. The molecule has 0 aromatic rings. The van der Waals surface area contributed by atoms with Crippen molar-refractivity contribution in [2.75, 3.05) is 13.2 Å². The average Bonchev–Trinajstić information content (AvgIpc) is 2.56. The van der Waals surface area contributed by atoms with Crippen LogP contribution in [0.1, 0.15) is 0 Å². The molecule has 0 bridgehead atoms. The van der Waals surface area contributed by atoms with Gasteiger partial charge in [-0.25, -0.2) is 0 Å². The Balaban J connectivity index is 1.98. The van der Waals surface area contributed by atoms with Crippen molar-refractivity contribution in [3.05, 3.63) is 10.1 Å². The molecule has 0 aliphatic carbocycles. The molecule has 2 aliphatic heterocycles. The van der Waals surface area contributed by atoms with Crippen LogP contribution in [0.4, 0.5) is 0 Å². The van der Waals surface area contributed by atoms with E-state index in [1.807, 2.05) is 0 Å². The first-order valence-corrected chi connectivity index (χ1v) is 3.91. The zero-order valence-corrected chi connectivity index (χ0v) is 6.66. The average molecular weight is 191 g/mol. The van der Waals surface area contributed by atoms with Gasteiger partial charge in [0.15, 0.2) is 6.10 Å². The quantitative estimate of drug-likeness (QED) is 0.432. The first kappa shape index (κ1) is 8.67. The number of hydrogen-bond donors (Lipinski definition) is 1. The van der Waals surface area contributed by atoms with Crippen molar-refractivity contribution < 1.29 is 24.5 Å². The maximum atomic E-state index is 10.0. The van der Waals surface area contributed by atoms with Gasteiger partial charge >= 0.3 is 0 Å². The van der Waals surface area contributed by atoms with Crippen molar-refractivity contribution in [1.82, 2.24) is 0 Å². The molecule has 7 nitrogen and oxygen atoms in total. The summed E-state index contributed by atoms with van der Waals surface area (Å²) in [6, 6.07) is 0. The predicted molar refractivity (Wildman–Crippen MR) is 37.4 cm³/mol. The van der Waals surface area contributed by atoms with E-state index in [2.05, 4.69) is 4.84 Å². The van der Waals surface area contributed by atoms with Crippen molar-refractivity contribution in [3.63, 3.8) is 0 Å². The van der Waals surface area contributed by atoms with E-state index < -0.39 is 29.5 Å². The Morgan fingerprint density at radius 1 is 1.38 bits per heavy atom. The Kier molecular flexibility index (Phi) is 2.06. The van der Waals surface area contributed by atoms with E-state index in [0.29, 0.717) is 0 Å². The SMILES string of the molecule is O=[N+]([O-])O[C@@H]1CO[C@@H]2C(O)CO[C@@H]21. The number of ether oxygens (including phenoxy) is 2. The Labute approximate surface area is 73.3 Å². The molecule has 2 rings (SSSR count). The standard InChI is InChI=1S/C6H9NO6/c8-3-1-11-6-4(13-7(9)10)2-12-5(3)6/h3-6,8H,1-2H2/t3?,4-,5-,6-/m1/s1. The topological polar surface area (TPSA) is 91.1 Å². The highest BCUT2D eigenvalue weighted by molar-refractivity contribution is 4.94. The molecule has 0 aromatic carbocycles. The second kappa shape index (κ2) is 3.09. The second-order valence-electron chi connectivity index (χ2n) is 3.03. The van der Waals surface area contributed by atoms with Crippen molar-refractivity contribution >= 4 is 0 Å². The van der Waals surface area contributed by atoms with Crippen molar-refractivity contribution in [3.8, 4) is 0 Å².